The number of carbonyl (C=O) groups excluding carboxylic acids is 2. The Kier molecular flexibility index (Phi) is 8.36. The molecule has 114 valence electrons. The zero-order valence-electron chi connectivity index (χ0n) is 12.8. The maximum absolute atomic E-state index is 11.6. The summed E-state index contributed by atoms with van der Waals surface area (Å²) in [6.45, 7) is 8.91. The number of ether oxygens (including phenoxy) is 2. The van der Waals surface area contributed by atoms with Crippen LogP contribution in [0.4, 0.5) is 4.79 Å². The molecular weight excluding hydrogens is 258 g/mol. The SMILES string of the molecule is C=CCCCC/C=C(\NC(=O)OC(C)(C)C)C(=O)OC. The highest BCUT2D eigenvalue weighted by molar-refractivity contribution is 5.92. The van der Waals surface area contributed by atoms with Crippen LogP contribution >= 0.6 is 0 Å². The summed E-state index contributed by atoms with van der Waals surface area (Å²) in [5, 5.41) is 2.42. The minimum Gasteiger partial charge on any atom is -0.464 e. The number of methoxy groups -OCH3 is 1. The first kappa shape index (κ1) is 18.2. The maximum atomic E-state index is 11.6. The largest absolute Gasteiger partial charge is 0.464 e. The molecule has 5 heteroatoms. The summed E-state index contributed by atoms with van der Waals surface area (Å²) in [6, 6.07) is 0. The van der Waals surface area contributed by atoms with Crippen LogP contribution in [-0.4, -0.2) is 24.8 Å². The van der Waals surface area contributed by atoms with E-state index < -0.39 is 17.7 Å². The van der Waals surface area contributed by atoms with E-state index in [1.807, 2.05) is 6.08 Å². The zero-order chi connectivity index (χ0) is 15.6. The van der Waals surface area contributed by atoms with Crippen molar-refractivity contribution in [3.8, 4) is 0 Å². The fourth-order valence-electron chi connectivity index (χ4n) is 1.39. The summed E-state index contributed by atoms with van der Waals surface area (Å²) in [5.41, 5.74) is -0.504. The van der Waals surface area contributed by atoms with Gasteiger partial charge in [-0.05, 0) is 46.5 Å². The molecule has 0 saturated carbocycles. The number of hydrogen-bond acceptors (Lipinski definition) is 4. The number of amides is 1. The molecule has 0 aliphatic rings. The summed E-state index contributed by atoms with van der Waals surface area (Å²) in [4.78, 5) is 23.2. The van der Waals surface area contributed by atoms with Gasteiger partial charge in [-0.1, -0.05) is 12.2 Å². The Balaban J connectivity index is 4.49. The van der Waals surface area contributed by atoms with Crippen molar-refractivity contribution in [1.29, 1.82) is 0 Å². The topological polar surface area (TPSA) is 64.6 Å². The summed E-state index contributed by atoms with van der Waals surface area (Å²) in [5.74, 6) is -0.584. The Hall–Kier alpha value is -1.78. The van der Waals surface area contributed by atoms with Crippen LogP contribution in [0.15, 0.2) is 24.4 Å². The van der Waals surface area contributed by atoms with Crippen LogP contribution in [0, 0.1) is 0 Å². The van der Waals surface area contributed by atoms with Crippen molar-refractivity contribution in [2.75, 3.05) is 7.11 Å². The van der Waals surface area contributed by atoms with Crippen LogP contribution in [0.5, 0.6) is 0 Å². The van der Waals surface area contributed by atoms with Crippen molar-refractivity contribution >= 4 is 12.1 Å². The van der Waals surface area contributed by atoms with Gasteiger partial charge in [0, 0.05) is 0 Å². The second kappa shape index (κ2) is 9.18. The van der Waals surface area contributed by atoms with E-state index in [-0.39, 0.29) is 5.70 Å². The molecule has 0 radical (unpaired) electrons. The van der Waals surface area contributed by atoms with E-state index in [2.05, 4.69) is 16.6 Å². The smallest absolute Gasteiger partial charge is 0.412 e. The number of esters is 1. The predicted octanol–water partition coefficient (Wildman–Crippen LogP) is 3.31. The van der Waals surface area contributed by atoms with Crippen LogP contribution in [0.25, 0.3) is 0 Å². The molecule has 1 amide bonds. The van der Waals surface area contributed by atoms with Gasteiger partial charge in [-0.25, -0.2) is 9.59 Å². The van der Waals surface area contributed by atoms with Gasteiger partial charge in [0.15, 0.2) is 0 Å². The van der Waals surface area contributed by atoms with Crippen molar-refractivity contribution < 1.29 is 19.1 Å². The molecule has 0 unspecified atom stereocenters. The van der Waals surface area contributed by atoms with Crippen LogP contribution < -0.4 is 5.32 Å². The first-order valence-corrected chi connectivity index (χ1v) is 6.69. The molecule has 20 heavy (non-hydrogen) atoms. The van der Waals surface area contributed by atoms with Crippen molar-refractivity contribution in [2.24, 2.45) is 0 Å². The van der Waals surface area contributed by atoms with Gasteiger partial charge in [-0.15, -0.1) is 6.58 Å². The standard InChI is InChI=1S/C15H25NO4/c1-6-7-8-9-10-11-12(13(17)19-5)16-14(18)20-15(2,3)4/h6,11H,1,7-10H2,2-5H3,(H,16,18)/b12-11-. The number of hydrogen-bond donors (Lipinski definition) is 1. The molecule has 5 nitrogen and oxygen atoms in total. The van der Waals surface area contributed by atoms with E-state index in [9.17, 15) is 9.59 Å². The fraction of sp³-hybridized carbons (Fsp3) is 0.600. The third-order valence-electron chi connectivity index (χ3n) is 2.25. The summed E-state index contributed by atoms with van der Waals surface area (Å²) in [7, 11) is 1.27. The van der Waals surface area contributed by atoms with Crippen LogP contribution in [0.3, 0.4) is 0 Å². The number of carbonyl (C=O) groups is 2. The van der Waals surface area contributed by atoms with E-state index in [1.54, 1.807) is 26.8 Å². The van der Waals surface area contributed by atoms with Gasteiger partial charge in [0.2, 0.25) is 0 Å². The normalized spacial score (nSPS) is 11.7. The van der Waals surface area contributed by atoms with E-state index in [0.29, 0.717) is 6.42 Å². The monoisotopic (exact) mass is 283 g/mol. The molecule has 0 aromatic carbocycles. The Labute approximate surface area is 121 Å². The van der Waals surface area contributed by atoms with E-state index >= 15 is 0 Å². The number of allylic oxidation sites excluding steroid dienone is 2. The Morgan fingerprint density at radius 1 is 1.20 bits per heavy atom. The molecule has 0 spiro atoms. The van der Waals surface area contributed by atoms with Crippen LogP contribution in [-0.2, 0) is 14.3 Å². The van der Waals surface area contributed by atoms with Gasteiger partial charge in [0.1, 0.15) is 11.3 Å². The van der Waals surface area contributed by atoms with E-state index in [4.69, 9.17) is 4.74 Å². The lowest BCUT2D eigenvalue weighted by Crippen LogP contribution is -2.34. The van der Waals surface area contributed by atoms with E-state index in [0.717, 1.165) is 19.3 Å². The third-order valence-corrected chi connectivity index (χ3v) is 2.25. The molecule has 0 saturated heterocycles. The molecular formula is C15H25NO4. The minimum absolute atomic E-state index is 0.111. The molecule has 0 aliphatic heterocycles. The average Bonchev–Trinajstić information content (AvgIpc) is 2.34. The van der Waals surface area contributed by atoms with Gasteiger partial charge in [0.05, 0.1) is 7.11 Å². The highest BCUT2D eigenvalue weighted by Crippen LogP contribution is 2.08. The Morgan fingerprint density at radius 3 is 2.30 bits per heavy atom. The molecule has 1 N–H and O–H groups in total. The van der Waals surface area contributed by atoms with Gasteiger partial charge in [-0.3, -0.25) is 5.32 Å². The van der Waals surface area contributed by atoms with Gasteiger partial charge in [0.25, 0.3) is 0 Å². The van der Waals surface area contributed by atoms with Gasteiger partial charge >= 0.3 is 12.1 Å². The highest BCUT2D eigenvalue weighted by atomic mass is 16.6. The highest BCUT2D eigenvalue weighted by Gasteiger charge is 2.19. The second-order valence-corrected chi connectivity index (χ2v) is 5.31. The van der Waals surface area contributed by atoms with Crippen molar-refractivity contribution in [3.63, 3.8) is 0 Å². The maximum Gasteiger partial charge on any atom is 0.412 e. The Morgan fingerprint density at radius 2 is 1.80 bits per heavy atom. The molecule has 0 heterocycles. The van der Waals surface area contributed by atoms with Crippen molar-refractivity contribution in [3.05, 3.63) is 24.4 Å². The molecule has 0 fully saturated rings. The quantitative estimate of drug-likeness (QED) is 0.337. The predicted molar refractivity (Wildman–Crippen MR) is 78.1 cm³/mol. The number of nitrogens with one attached hydrogen (secondary N) is 1. The van der Waals surface area contributed by atoms with Gasteiger partial charge in [-0.2, -0.15) is 0 Å². The molecule has 0 aromatic heterocycles. The number of unbranched alkanes of at least 4 members (excludes halogenated alkanes) is 3. The Bertz CT molecular complexity index is 367. The first-order valence-electron chi connectivity index (χ1n) is 6.69. The van der Waals surface area contributed by atoms with Crippen molar-refractivity contribution in [2.45, 2.75) is 52.1 Å². The summed E-state index contributed by atoms with van der Waals surface area (Å²) in [6.07, 6.45) is 6.33. The fourth-order valence-corrected chi connectivity index (χ4v) is 1.39. The number of rotatable bonds is 7. The van der Waals surface area contributed by atoms with Crippen LogP contribution in [0.1, 0.15) is 46.5 Å². The van der Waals surface area contributed by atoms with Gasteiger partial charge < -0.3 is 9.47 Å². The minimum atomic E-state index is -0.666. The lowest BCUT2D eigenvalue weighted by atomic mass is 10.2. The van der Waals surface area contributed by atoms with E-state index in [1.165, 1.54) is 7.11 Å². The summed E-state index contributed by atoms with van der Waals surface area (Å²) < 4.78 is 9.72. The van der Waals surface area contributed by atoms with Crippen molar-refractivity contribution in [1.82, 2.24) is 5.32 Å². The van der Waals surface area contributed by atoms with Crippen LogP contribution in [0.2, 0.25) is 0 Å². The zero-order valence-corrected chi connectivity index (χ0v) is 12.8. The lowest BCUT2D eigenvalue weighted by Gasteiger charge is -2.20. The molecule has 0 bridgehead atoms. The second-order valence-electron chi connectivity index (χ2n) is 5.31. The lowest BCUT2D eigenvalue weighted by molar-refractivity contribution is -0.136. The number of alkyl carbamates (subject to hydrolysis) is 1. The average molecular weight is 283 g/mol. The third kappa shape index (κ3) is 9.19. The molecule has 0 aromatic rings. The molecule has 0 atom stereocenters. The summed E-state index contributed by atoms with van der Waals surface area (Å²) >= 11 is 0. The first-order chi connectivity index (χ1) is 9.30. The molecule has 0 aliphatic carbocycles. The molecule has 0 rings (SSSR count).